The van der Waals surface area contributed by atoms with Crippen LogP contribution in [0.2, 0.25) is 0 Å². The molecule has 0 rings (SSSR count). The summed E-state index contributed by atoms with van der Waals surface area (Å²) in [7, 11) is -8.66. The highest BCUT2D eigenvalue weighted by molar-refractivity contribution is 7.93. The summed E-state index contributed by atoms with van der Waals surface area (Å²) in [5.41, 5.74) is -4.86. The van der Waals surface area contributed by atoms with Gasteiger partial charge < -0.3 is 5.32 Å². The quantitative estimate of drug-likeness (QED) is 0.127. The molecule has 0 aliphatic carbocycles. The fourth-order valence-electron chi connectivity index (χ4n) is 1.62. The molecule has 154 valence electrons. The van der Waals surface area contributed by atoms with Crippen molar-refractivity contribution in [2.45, 2.75) is 17.6 Å². The van der Waals surface area contributed by atoms with Crippen LogP contribution >= 0.6 is 0 Å². The van der Waals surface area contributed by atoms with E-state index in [0.717, 1.165) is 31.5 Å². The number of carbonyl (C=O) groups excluding carboxylic acids is 2. The Morgan fingerprint density at radius 2 is 1.58 bits per heavy atom. The highest BCUT2D eigenvalue weighted by atomic mass is 32.2. The van der Waals surface area contributed by atoms with Gasteiger partial charge in [0.05, 0.1) is 0 Å². The second-order valence-electron chi connectivity index (χ2n) is 4.69. The van der Waals surface area contributed by atoms with Crippen LogP contribution in [0.3, 0.4) is 0 Å². The van der Waals surface area contributed by atoms with E-state index in [1.165, 1.54) is 0 Å². The average molecular weight is 429 g/mol. The van der Waals surface area contributed by atoms with Crippen LogP contribution in [0.4, 0.5) is 13.2 Å². The smallest absolute Gasteiger partial charge is 0.314 e. The first-order valence-corrected chi connectivity index (χ1v) is 9.17. The number of nitrogens with two attached hydrogens (primary N) is 1. The Kier molecular flexibility index (Phi) is 7.50. The molecule has 0 fully saturated rings. The number of halogens is 3. The van der Waals surface area contributed by atoms with Crippen LogP contribution in [0, 0.1) is 0 Å². The van der Waals surface area contributed by atoms with Crippen LogP contribution in [0.15, 0.2) is 0 Å². The molecule has 1 atom stereocenters. The predicted octanol–water partition coefficient (Wildman–Crippen LogP) is -3.25. The zero-order valence-corrected chi connectivity index (χ0v) is 15.5. The van der Waals surface area contributed by atoms with E-state index in [9.17, 15) is 39.6 Å². The minimum absolute atomic E-state index is 0.122. The fraction of sp³-hybridized carbons (Fsp3) is 0.750. The molecule has 0 heterocycles. The first-order chi connectivity index (χ1) is 11.5. The minimum atomic E-state index is -6.46. The maximum absolute atomic E-state index is 12.8. The van der Waals surface area contributed by atoms with Crippen LogP contribution in [0.1, 0.15) is 6.92 Å². The molecule has 0 aliphatic heterocycles. The molecule has 1 unspecified atom stereocenters. The summed E-state index contributed by atoms with van der Waals surface area (Å²) < 4.78 is 85.0. The van der Waals surface area contributed by atoms with Crippen LogP contribution in [-0.2, 0) is 29.6 Å². The summed E-state index contributed by atoms with van der Waals surface area (Å²) in [6, 6.07) is 0. The van der Waals surface area contributed by atoms with Crippen molar-refractivity contribution >= 4 is 32.4 Å². The van der Waals surface area contributed by atoms with Crippen molar-refractivity contribution in [3.05, 3.63) is 0 Å². The number of amides is 2. The van der Waals surface area contributed by atoms with Gasteiger partial charge in [-0.2, -0.15) is 21.6 Å². The molecule has 0 spiro atoms. The number of carbonyl (C=O) groups is 2. The van der Waals surface area contributed by atoms with Gasteiger partial charge in [-0.3, -0.25) is 25.2 Å². The molecule has 0 saturated heterocycles. The summed E-state index contributed by atoms with van der Waals surface area (Å²) >= 11 is 0. The van der Waals surface area contributed by atoms with E-state index in [1.807, 2.05) is 0 Å². The topological polar surface area (TPSA) is 174 Å². The van der Waals surface area contributed by atoms with Crippen molar-refractivity contribution in [1.29, 1.82) is 0 Å². The number of alkyl halides is 3. The van der Waals surface area contributed by atoms with Crippen molar-refractivity contribution < 1.29 is 39.6 Å². The second kappa shape index (κ2) is 7.98. The first kappa shape index (κ1) is 24.4. The molecule has 0 saturated carbocycles. The monoisotopic (exact) mass is 429 g/mol. The molecule has 0 aromatic carbocycles. The van der Waals surface area contributed by atoms with Gasteiger partial charge in [-0.1, -0.05) is 0 Å². The number of hydrazine groups is 3. The van der Waals surface area contributed by atoms with Gasteiger partial charge in [-0.25, -0.2) is 14.3 Å². The van der Waals surface area contributed by atoms with Crippen molar-refractivity contribution in [3.63, 3.8) is 0 Å². The Labute approximate surface area is 147 Å². The van der Waals surface area contributed by atoms with E-state index in [0.29, 0.717) is 6.92 Å². The number of nitrogens with one attached hydrogen (secondary N) is 3. The van der Waals surface area contributed by atoms with E-state index >= 15 is 0 Å². The van der Waals surface area contributed by atoms with Gasteiger partial charge in [0.15, 0.2) is 0 Å². The Bertz CT molecular complexity index is 740. The van der Waals surface area contributed by atoms with Gasteiger partial charge in [-0.15, -0.1) is 0 Å². The van der Waals surface area contributed by atoms with E-state index < -0.39 is 45.6 Å². The number of hydrogen-bond acceptors (Lipinski definition) is 9. The van der Waals surface area contributed by atoms with Gasteiger partial charge in [0, 0.05) is 6.92 Å². The Balaban J connectivity index is 6.56. The molecular weight excluding hydrogens is 411 g/mol. The Morgan fingerprint density at radius 3 is 1.85 bits per heavy atom. The zero-order chi connectivity index (χ0) is 21.1. The lowest BCUT2D eigenvalue weighted by Gasteiger charge is -2.41. The average Bonchev–Trinajstić information content (AvgIpc) is 2.47. The molecular formula is C8H18F3N7O6S2. The number of nitrogens with zero attached hydrogens (tertiary/aromatic N) is 3. The van der Waals surface area contributed by atoms with Crippen LogP contribution in [0.25, 0.3) is 0 Å². The summed E-state index contributed by atoms with van der Waals surface area (Å²) in [5.74, 6) is 3.73. The first-order valence-electron chi connectivity index (χ1n) is 6.29. The van der Waals surface area contributed by atoms with E-state index in [-0.39, 0.29) is 6.41 Å². The van der Waals surface area contributed by atoms with Gasteiger partial charge in [-0.05, 0) is 30.2 Å². The number of rotatable bonds is 9. The number of hydrogen-bond donors (Lipinski definition) is 4. The number of sulfonamides is 2. The predicted molar refractivity (Wildman–Crippen MR) is 80.3 cm³/mol. The lowest BCUT2D eigenvalue weighted by atomic mass is 10.7. The maximum Gasteiger partial charge on any atom is 0.514 e. The summed E-state index contributed by atoms with van der Waals surface area (Å²) in [6.45, 7) is 0.611. The van der Waals surface area contributed by atoms with Crippen molar-refractivity contribution in [3.8, 4) is 0 Å². The molecule has 13 nitrogen and oxygen atoms in total. The summed E-state index contributed by atoms with van der Waals surface area (Å²) in [5, 5.41) is 1.20. The normalized spacial score (nSPS) is 15.8. The maximum atomic E-state index is 12.8. The SMILES string of the molecule is CNC(NC=O)(N(C)C)S(=O)(=O)N(N)N(NC(C)=O)S(=O)(=O)C(F)(F)F. The van der Waals surface area contributed by atoms with Crippen molar-refractivity contribution in [2.75, 3.05) is 21.1 Å². The van der Waals surface area contributed by atoms with Crippen molar-refractivity contribution in [2.24, 2.45) is 5.84 Å². The molecule has 26 heavy (non-hydrogen) atoms. The van der Waals surface area contributed by atoms with Crippen LogP contribution in [-0.4, -0.2) is 74.9 Å². The van der Waals surface area contributed by atoms with E-state index in [2.05, 4.69) is 5.32 Å². The Hall–Kier alpha value is -1.57. The van der Waals surface area contributed by atoms with E-state index in [1.54, 1.807) is 5.32 Å². The van der Waals surface area contributed by atoms with Gasteiger partial charge in [0.2, 0.25) is 12.3 Å². The molecule has 5 N–H and O–H groups in total. The Morgan fingerprint density at radius 1 is 1.12 bits per heavy atom. The highest BCUT2D eigenvalue weighted by Crippen LogP contribution is 2.28. The third kappa shape index (κ3) is 4.22. The molecule has 0 radical (unpaired) electrons. The summed E-state index contributed by atoms with van der Waals surface area (Å²) in [4.78, 5) is 22.6. The van der Waals surface area contributed by atoms with E-state index in [4.69, 9.17) is 5.84 Å². The third-order valence-corrected chi connectivity index (χ3v) is 6.30. The van der Waals surface area contributed by atoms with Gasteiger partial charge >= 0.3 is 15.5 Å². The van der Waals surface area contributed by atoms with Crippen LogP contribution < -0.4 is 21.9 Å². The molecule has 0 bridgehead atoms. The molecule has 0 aromatic heterocycles. The summed E-state index contributed by atoms with van der Waals surface area (Å²) in [6.07, 6.45) is -0.122. The van der Waals surface area contributed by atoms with Gasteiger partial charge in [0.25, 0.3) is 15.1 Å². The standard InChI is InChI=1S/C8H18F3N7O6S2/c1-6(20)15-18(25(21,22)7(9,10)11)17(12)26(23,24)8(13-2,14-5-19)16(3)4/h5,13H,12H2,1-4H3,(H,14,19)(H,15,20). The van der Waals surface area contributed by atoms with Crippen LogP contribution in [0.5, 0.6) is 0 Å². The molecule has 2 amide bonds. The third-order valence-electron chi connectivity index (χ3n) is 2.80. The van der Waals surface area contributed by atoms with Gasteiger partial charge in [0.1, 0.15) is 0 Å². The minimum Gasteiger partial charge on any atom is -0.314 e. The fourth-order valence-corrected chi connectivity index (χ4v) is 4.23. The molecule has 18 heteroatoms. The lowest BCUT2D eigenvalue weighted by molar-refractivity contribution is -0.126. The second-order valence-corrected chi connectivity index (χ2v) is 8.36. The molecule has 0 aromatic rings. The van der Waals surface area contributed by atoms with Crippen molar-refractivity contribution in [1.82, 2.24) is 30.0 Å². The zero-order valence-electron chi connectivity index (χ0n) is 13.9. The highest BCUT2D eigenvalue weighted by Gasteiger charge is 2.58. The molecule has 0 aliphatic rings. The lowest BCUT2D eigenvalue weighted by Crippen LogP contribution is -2.76. The largest absolute Gasteiger partial charge is 0.514 e.